The molecule has 7 nitrogen and oxygen atoms in total. The van der Waals surface area contributed by atoms with E-state index in [-0.39, 0.29) is 17.2 Å². The third-order valence-electron chi connectivity index (χ3n) is 3.60. The molecule has 3 aromatic rings. The van der Waals surface area contributed by atoms with Crippen LogP contribution in [0.1, 0.15) is 17.0 Å². The highest BCUT2D eigenvalue weighted by Crippen LogP contribution is 2.18. The smallest absolute Gasteiger partial charge is 0.245 e. The van der Waals surface area contributed by atoms with Crippen molar-refractivity contribution >= 4 is 10.0 Å². The molecule has 2 aromatic heterocycles. The van der Waals surface area contributed by atoms with Crippen LogP contribution in [-0.4, -0.2) is 29.9 Å². The molecule has 0 bridgehead atoms. The highest BCUT2D eigenvalue weighted by molar-refractivity contribution is 7.89. The Morgan fingerprint density at radius 3 is 2.62 bits per heavy atom. The SMILES string of the molecule is Cc1noc(C)c1S(=O)(=O)NCCc1cnn(-c2ccccc2)c1. The highest BCUT2D eigenvalue weighted by atomic mass is 32.2. The van der Waals surface area contributed by atoms with Gasteiger partial charge in [-0.05, 0) is 38.0 Å². The van der Waals surface area contributed by atoms with Crippen LogP contribution in [0, 0.1) is 13.8 Å². The summed E-state index contributed by atoms with van der Waals surface area (Å²) in [4.78, 5) is 0.113. The second kappa shape index (κ2) is 6.58. The van der Waals surface area contributed by atoms with Crippen molar-refractivity contribution < 1.29 is 12.9 Å². The van der Waals surface area contributed by atoms with E-state index in [0.717, 1.165) is 11.3 Å². The van der Waals surface area contributed by atoms with E-state index in [1.807, 2.05) is 36.5 Å². The quantitative estimate of drug-likeness (QED) is 0.737. The molecule has 126 valence electrons. The lowest BCUT2D eigenvalue weighted by Crippen LogP contribution is -2.26. The van der Waals surface area contributed by atoms with Crippen LogP contribution in [0.25, 0.3) is 5.69 Å². The maximum absolute atomic E-state index is 12.3. The van der Waals surface area contributed by atoms with Crippen molar-refractivity contribution in [2.75, 3.05) is 6.54 Å². The molecular formula is C16H18N4O3S. The first-order valence-corrected chi connectivity index (χ1v) is 8.97. The van der Waals surface area contributed by atoms with Gasteiger partial charge in [-0.25, -0.2) is 17.8 Å². The predicted molar refractivity (Wildman–Crippen MR) is 88.4 cm³/mol. The fourth-order valence-corrected chi connectivity index (χ4v) is 3.83. The normalized spacial score (nSPS) is 11.8. The standard InChI is InChI=1S/C16H18N4O3S/c1-12-16(13(2)23-19-12)24(21,22)18-9-8-14-10-17-20(11-14)15-6-4-3-5-7-15/h3-7,10-11,18H,8-9H2,1-2H3. The molecule has 0 aliphatic rings. The van der Waals surface area contributed by atoms with Crippen LogP contribution in [0.15, 0.2) is 52.1 Å². The van der Waals surface area contributed by atoms with E-state index in [4.69, 9.17) is 4.52 Å². The summed E-state index contributed by atoms with van der Waals surface area (Å²) in [6.07, 6.45) is 4.16. The van der Waals surface area contributed by atoms with E-state index in [2.05, 4.69) is 15.0 Å². The summed E-state index contributed by atoms with van der Waals surface area (Å²) < 4.78 is 33.9. The lowest BCUT2D eigenvalue weighted by atomic mass is 10.2. The Bertz CT molecular complexity index is 910. The Kier molecular flexibility index (Phi) is 4.50. The first kappa shape index (κ1) is 16.4. The molecule has 0 saturated carbocycles. The minimum absolute atomic E-state index is 0.113. The number of nitrogens with zero attached hydrogens (tertiary/aromatic N) is 3. The van der Waals surface area contributed by atoms with Gasteiger partial charge in [-0.15, -0.1) is 0 Å². The van der Waals surface area contributed by atoms with E-state index in [1.165, 1.54) is 0 Å². The zero-order chi connectivity index (χ0) is 17.2. The van der Waals surface area contributed by atoms with Gasteiger partial charge in [0.1, 0.15) is 10.6 Å². The Hall–Kier alpha value is -2.45. The lowest BCUT2D eigenvalue weighted by molar-refractivity contribution is 0.390. The van der Waals surface area contributed by atoms with Crippen molar-refractivity contribution in [2.45, 2.75) is 25.2 Å². The summed E-state index contributed by atoms with van der Waals surface area (Å²) >= 11 is 0. The van der Waals surface area contributed by atoms with Crippen LogP contribution in [0.3, 0.4) is 0 Å². The van der Waals surface area contributed by atoms with Crippen LogP contribution >= 0.6 is 0 Å². The van der Waals surface area contributed by atoms with Crippen LogP contribution in [-0.2, 0) is 16.4 Å². The van der Waals surface area contributed by atoms with Gasteiger partial charge in [0.2, 0.25) is 10.0 Å². The fraction of sp³-hybridized carbons (Fsp3) is 0.250. The molecule has 0 aliphatic heterocycles. The number of aryl methyl sites for hydroxylation is 2. The van der Waals surface area contributed by atoms with Gasteiger partial charge in [-0.3, -0.25) is 0 Å². The lowest BCUT2D eigenvalue weighted by Gasteiger charge is -2.05. The van der Waals surface area contributed by atoms with Gasteiger partial charge in [0.15, 0.2) is 5.76 Å². The number of rotatable bonds is 6. The first-order chi connectivity index (χ1) is 11.5. The van der Waals surface area contributed by atoms with Crippen molar-refractivity contribution in [2.24, 2.45) is 0 Å². The molecule has 0 amide bonds. The van der Waals surface area contributed by atoms with Crippen molar-refractivity contribution in [1.82, 2.24) is 19.7 Å². The zero-order valence-electron chi connectivity index (χ0n) is 13.4. The Morgan fingerprint density at radius 1 is 1.21 bits per heavy atom. The van der Waals surface area contributed by atoms with Gasteiger partial charge in [0.05, 0.1) is 11.9 Å². The van der Waals surface area contributed by atoms with E-state index in [0.29, 0.717) is 12.1 Å². The van der Waals surface area contributed by atoms with Crippen molar-refractivity contribution in [3.8, 4) is 5.69 Å². The van der Waals surface area contributed by atoms with E-state index < -0.39 is 10.0 Å². The molecule has 2 heterocycles. The second-order valence-corrected chi connectivity index (χ2v) is 7.13. The highest BCUT2D eigenvalue weighted by Gasteiger charge is 2.23. The number of hydrogen-bond donors (Lipinski definition) is 1. The molecule has 0 aliphatic carbocycles. The maximum atomic E-state index is 12.3. The summed E-state index contributed by atoms with van der Waals surface area (Å²) in [5.74, 6) is 0.289. The Balaban J connectivity index is 1.64. The van der Waals surface area contributed by atoms with E-state index in [9.17, 15) is 8.42 Å². The molecule has 0 saturated heterocycles. The molecule has 8 heteroatoms. The Morgan fingerprint density at radius 2 is 1.96 bits per heavy atom. The molecule has 0 fully saturated rings. The minimum Gasteiger partial charge on any atom is -0.360 e. The molecule has 1 aromatic carbocycles. The summed E-state index contributed by atoms with van der Waals surface area (Å²) in [5.41, 5.74) is 2.26. The molecular weight excluding hydrogens is 328 g/mol. The van der Waals surface area contributed by atoms with Crippen LogP contribution < -0.4 is 4.72 Å². The number of nitrogens with one attached hydrogen (secondary N) is 1. The number of benzene rings is 1. The van der Waals surface area contributed by atoms with Crippen molar-refractivity contribution in [3.63, 3.8) is 0 Å². The van der Waals surface area contributed by atoms with Crippen molar-refractivity contribution in [1.29, 1.82) is 0 Å². The monoisotopic (exact) mass is 346 g/mol. The molecule has 1 N–H and O–H groups in total. The molecule has 0 radical (unpaired) electrons. The summed E-state index contributed by atoms with van der Waals surface area (Å²) in [6, 6.07) is 9.73. The average molecular weight is 346 g/mol. The molecule has 0 unspecified atom stereocenters. The van der Waals surface area contributed by atoms with Crippen LogP contribution in [0.2, 0.25) is 0 Å². The summed E-state index contributed by atoms with van der Waals surface area (Å²) in [7, 11) is -3.63. The van der Waals surface area contributed by atoms with Crippen LogP contribution in [0.4, 0.5) is 0 Å². The van der Waals surface area contributed by atoms with Gasteiger partial charge >= 0.3 is 0 Å². The third-order valence-corrected chi connectivity index (χ3v) is 5.30. The molecule has 24 heavy (non-hydrogen) atoms. The average Bonchev–Trinajstić information content (AvgIpc) is 3.15. The molecule has 0 atom stereocenters. The zero-order valence-corrected chi connectivity index (χ0v) is 14.2. The van der Waals surface area contributed by atoms with E-state index in [1.54, 1.807) is 24.7 Å². The number of hydrogen-bond acceptors (Lipinski definition) is 5. The molecule has 3 rings (SSSR count). The maximum Gasteiger partial charge on any atom is 0.245 e. The summed E-state index contributed by atoms with van der Waals surface area (Å²) in [5, 5.41) is 7.97. The van der Waals surface area contributed by atoms with Gasteiger partial charge < -0.3 is 4.52 Å². The first-order valence-electron chi connectivity index (χ1n) is 7.49. The Labute approximate surface area is 140 Å². The topological polar surface area (TPSA) is 90.0 Å². The van der Waals surface area contributed by atoms with Gasteiger partial charge in [0.25, 0.3) is 0 Å². The number of aromatic nitrogens is 3. The summed E-state index contributed by atoms with van der Waals surface area (Å²) in [6.45, 7) is 3.46. The third kappa shape index (κ3) is 3.39. The van der Waals surface area contributed by atoms with Gasteiger partial charge in [0, 0.05) is 12.7 Å². The van der Waals surface area contributed by atoms with E-state index >= 15 is 0 Å². The minimum atomic E-state index is -3.63. The van der Waals surface area contributed by atoms with Gasteiger partial charge in [-0.2, -0.15) is 5.10 Å². The van der Waals surface area contributed by atoms with Crippen LogP contribution in [0.5, 0.6) is 0 Å². The number of sulfonamides is 1. The molecule has 0 spiro atoms. The number of para-hydroxylation sites is 1. The van der Waals surface area contributed by atoms with Crippen molar-refractivity contribution in [3.05, 3.63) is 59.7 Å². The van der Waals surface area contributed by atoms with Gasteiger partial charge in [-0.1, -0.05) is 23.4 Å². The predicted octanol–water partition coefficient (Wildman–Crippen LogP) is 2.00. The second-order valence-electron chi connectivity index (χ2n) is 5.43. The fourth-order valence-electron chi connectivity index (χ4n) is 2.47. The largest absolute Gasteiger partial charge is 0.360 e.